The molecule has 3 nitrogen and oxygen atoms in total. The Kier molecular flexibility index (Phi) is 3.95. The quantitative estimate of drug-likeness (QED) is 0.609. The molecular weight excluding hydrogens is 194 g/mol. The molecule has 1 atom stereocenters. The van der Waals surface area contributed by atoms with Gasteiger partial charge in [0, 0.05) is 31.4 Å². The van der Waals surface area contributed by atoms with E-state index in [1.807, 2.05) is 11.9 Å². The van der Waals surface area contributed by atoms with E-state index in [4.69, 9.17) is 5.73 Å². The van der Waals surface area contributed by atoms with Gasteiger partial charge in [-0.2, -0.15) is 0 Å². The lowest BCUT2D eigenvalue weighted by Gasteiger charge is -2.25. The molecule has 0 fully saturated rings. The molecule has 0 spiro atoms. The van der Waals surface area contributed by atoms with Crippen LogP contribution in [0.4, 0.5) is 0 Å². The average molecular weight is 211 g/mol. The van der Waals surface area contributed by atoms with Crippen molar-refractivity contribution in [3.05, 3.63) is 22.4 Å². The Bertz CT molecular complexity index is 292. The molecule has 78 valence electrons. The van der Waals surface area contributed by atoms with E-state index in [0.29, 0.717) is 12.0 Å². The minimum Gasteiger partial charge on any atom is -0.370 e. The third-order valence-corrected chi connectivity index (χ3v) is 3.23. The van der Waals surface area contributed by atoms with Crippen LogP contribution in [0.5, 0.6) is 0 Å². The van der Waals surface area contributed by atoms with E-state index in [9.17, 15) is 0 Å². The first-order valence-corrected chi connectivity index (χ1v) is 5.50. The Morgan fingerprint density at radius 2 is 2.43 bits per heavy atom. The van der Waals surface area contributed by atoms with Gasteiger partial charge in [0.1, 0.15) is 0 Å². The number of hydrogen-bond acceptors (Lipinski definition) is 2. The summed E-state index contributed by atoms with van der Waals surface area (Å²) in [5.41, 5.74) is 5.73. The molecule has 4 heteroatoms. The lowest BCUT2D eigenvalue weighted by atomic mass is 10.2. The minimum atomic E-state index is 0.386. The monoisotopic (exact) mass is 211 g/mol. The van der Waals surface area contributed by atoms with Crippen LogP contribution < -0.4 is 5.73 Å². The Balaban J connectivity index is 2.54. The maximum Gasteiger partial charge on any atom is 0.190 e. The number of nitrogens with two attached hydrogens (primary N) is 1. The van der Waals surface area contributed by atoms with Gasteiger partial charge in [-0.3, -0.25) is 4.99 Å². The van der Waals surface area contributed by atoms with Crippen LogP contribution >= 0.6 is 11.3 Å². The van der Waals surface area contributed by atoms with Gasteiger partial charge in [-0.1, -0.05) is 6.07 Å². The van der Waals surface area contributed by atoms with E-state index in [1.54, 1.807) is 18.4 Å². The first-order valence-electron chi connectivity index (χ1n) is 4.62. The molecule has 0 saturated heterocycles. The maximum atomic E-state index is 5.73. The first-order chi connectivity index (χ1) is 6.65. The molecule has 0 aliphatic carbocycles. The number of hydrogen-bond donors (Lipinski definition) is 1. The number of guanidine groups is 1. The Labute approximate surface area is 89.3 Å². The Hall–Kier alpha value is -1.03. The number of rotatable bonds is 3. The van der Waals surface area contributed by atoms with Crippen molar-refractivity contribution < 1.29 is 0 Å². The summed E-state index contributed by atoms with van der Waals surface area (Å²) in [5, 5.41) is 2.10. The lowest BCUT2D eigenvalue weighted by Crippen LogP contribution is -2.41. The van der Waals surface area contributed by atoms with Gasteiger partial charge in [0.2, 0.25) is 0 Å². The van der Waals surface area contributed by atoms with Crippen LogP contribution in [0.25, 0.3) is 0 Å². The number of nitrogens with zero attached hydrogens (tertiary/aromatic N) is 2. The molecule has 1 heterocycles. The standard InChI is InChI=1S/C10H17N3S/c1-8(13(3)10(11)12-2)7-9-5-4-6-14-9/h4-6,8H,7H2,1-3H3,(H2,11,12). The molecule has 1 rings (SSSR count). The highest BCUT2D eigenvalue weighted by atomic mass is 32.1. The van der Waals surface area contributed by atoms with Crippen molar-refractivity contribution >= 4 is 17.3 Å². The van der Waals surface area contributed by atoms with E-state index in [2.05, 4.69) is 29.4 Å². The van der Waals surface area contributed by atoms with Crippen molar-refractivity contribution in [1.29, 1.82) is 0 Å². The molecule has 1 aromatic heterocycles. The molecule has 0 radical (unpaired) electrons. The smallest absolute Gasteiger partial charge is 0.190 e. The van der Waals surface area contributed by atoms with Crippen molar-refractivity contribution in [3.63, 3.8) is 0 Å². The second-order valence-electron chi connectivity index (χ2n) is 3.33. The molecule has 0 aromatic carbocycles. The second-order valence-corrected chi connectivity index (χ2v) is 4.36. The van der Waals surface area contributed by atoms with Crippen molar-refractivity contribution in [2.24, 2.45) is 10.7 Å². The SMILES string of the molecule is CN=C(N)N(C)C(C)Cc1cccs1. The highest BCUT2D eigenvalue weighted by molar-refractivity contribution is 7.09. The largest absolute Gasteiger partial charge is 0.370 e. The molecule has 0 aliphatic heterocycles. The summed E-state index contributed by atoms with van der Waals surface area (Å²) in [4.78, 5) is 7.34. The van der Waals surface area contributed by atoms with E-state index >= 15 is 0 Å². The van der Waals surface area contributed by atoms with Crippen LogP contribution in [0.2, 0.25) is 0 Å². The zero-order valence-corrected chi connectivity index (χ0v) is 9.71. The third kappa shape index (κ3) is 2.73. The molecule has 0 amide bonds. The highest BCUT2D eigenvalue weighted by Gasteiger charge is 2.11. The van der Waals surface area contributed by atoms with Crippen molar-refractivity contribution in [3.8, 4) is 0 Å². The molecule has 1 unspecified atom stereocenters. The Morgan fingerprint density at radius 1 is 1.71 bits per heavy atom. The summed E-state index contributed by atoms with van der Waals surface area (Å²) in [6.07, 6.45) is 1.02. The zero-order chi connectivity index (χ0) is 10.6. The first kappa shape index (κ1) is 11.0. The summed E-state index contributed by atoms with van der Waals surface area (Å²) >= 11 is 1.78. The van der Waals surface area contributed by atoms with Crippen LogP contribution in [0, 0.1) is 0 Å². The average Bonchev–Trinajstić information content (AvgIpc) is 2.68. The molecule has 1 aromatic rings. The van der Waals surface area contributed by atoms with Crippen LogP contribution in [0.3, 0.4) is 0 Å². The summed E-state index contributed by atoms with van der Waals surface area (Å²) < 4.78 is 0. The van der Waals surface area contributed by atoms with Gasteiger partial charge in [0.15, 0.2) is 5.96 Å². The fourth-order valence-electron chi connectivity index (χ4n) is 1.24. The fourth-order valence-corrected chi connectivity index (χ4v) is 2.07. The van der Waals surface area contributed by atoms with Crippen LogP contribution in [-0.4, -0.2) is 31.0 Å². The highest BCUT2D eigenvalue weighted by Crippen LogP contribution is 2.13. The maximum absolute atomic E-state index is 5.73. The van der Waals surface area contributed by atoms with E-state index in [1.165, 1.54) is 4.88 Å². The van der Waals surface area contributed by atoms with Gasteiger partial charge in [-0.25, -0.2) is 0 Å². The molecule has 0 bridgehead atoms. The van der Waals surface area contributed by atoms with Gasteiger partial charge in [0.25, 0.3) is 0 Å². The van der Waals surface area contributed by atoms with E-state index in [-0.39, 0.29) is 0 Å². The van der Waals surface area contributed by atoms with Gasteiger partial charge >= 0.3 is 0 Å². The molecule has 2 N–H and O–H groups in total. The normalized spacial score (nSPS) is 14.1. The predicted octanol–water partition coefficient (Wildman–Crippen LogP) is 1.56. The molecule has 0 saturated carbocycles. The van der Waals surface area contributed by atoms with Gasteiger partial charge < -0.3 is 10.6 Å². The molecular formula is C10H17N3S. The van der Waals surface area contributed by atoms with Crippen LogP contribution in [0.1, 0.15) is 11.8 Å². The van der Waals surface area contributed by atoms with Crippen molar-refractivity contribution in [2.75, 3.05) is 14.1 Å². The minimum absolute atomic E-state index is 0.386. The summed E-state index contributed by atoms with van der Waals surface area (Å²) in [6.45, 7) is 2.15. The van der Waals surface area contributed by atoms with Crippen molar-refractivity contribution in [1.82, 2.24) is 4.90 Å². The van der Waals surface area contributed by atoms with E-state index in [0.717, 1.165) is 6.42 Å². The summed E-state index contributed by atoms with van der Waals surface area (Å²) in [7, 11) is 3.68. The topological polar surface area (TPSA) is 41.6 Å². The van der Waals surface area contributed by atoms with Crippen LogP contribution in [-0.2, 0) is 6.42 Å². The third-order valence-electron chi connectivity index (χ3n) is 2.33. The second kappa shape index (κ2) is 5.00. The summed E-state index contributed by atoms with van der Waals surface area (Å²) in [6, 6.07) is 4.61. The van der Waals surface area contributed by atoms with Gasteiger partial charge in [-0.05, 0) is 18.4 Å². The van der Waals surface area contributed by atoms with Gasteiger partial charge in [-0.15, -0.1) is 11.3 Å². The van der Waals surface area contributed by atoms with E-state index < -0.39 is 0 Å². The number of likely N-dealkylation sites (N-methyl/N-ethyl adjacent to an activating group) is 1. The van der Waals surface area contributed by atoms with Crippen LogP contribution in [0.15, 0.2) is 22.5 Å². The predicted molar refractivity (Wildman–Crippen MR) is 62.8 cm³/mol. The number of aliphatic imine (C=N–C) groups is 1. The molecule has 14 heavy (non-hydrogen) atoms. The zero-order valence-electron chi connectivity index (χ0n) is 8.90. The van der Waals surface area contributed by atoms with Crippen molar-refractivity contribution in [2.45, 2.75) is 19.4 Å². The van der Waals surface area contributed by atoms with Gasteiger partial charge in [0.05, 0.1) is 0 Å². The summed E-state index contributed by atoms with van der Waals surface area (Å²) in [5.74, 6) is 0.592. The number of thiophene rings is 1. The lowest BCUT2D eigenvalue weighted by molar-refractivity contribution is 0.385. The fraction of sp³-hybridized carbons (Fsp3) is 0.500. The molecule has 0 aliphatic rings. The Morgan fingerprint density at radius 3 is 2.93 bits per heavy atom.